The topological polar surface area (TPSA) is 74.3 Å². The summed E-state index contributed by atoms with van der Waals surface area (Å²) in [4.78, 5) is 26.6. The Balaban J connectivity index is 2.04. The van der Waals surface area contributed by atoms with Gasteiger partial charge in [-0.2, -0.15) is 4.98 Å². The van der Waals surface area contributed by atoms with Gasteiger partial charge in [0.05, 0.1) is 0 Å². The summed E-state index contributed by atoms with van der Waals surface area (Å²) >= 11 is 0. The highest BCUT2D eigenvalue weighted by Crippen LogP contribution is 2.24. The fourth-order valence-corrected chi connectivity index (χ4v) is 1.97. The second-order valence-corrected chi connectivity index (χ2v) is 4.68. The average molecular weight is 284 g/mol. The first-order chi connectivity index (χ1) is 10.0. The van der Waals surface area contributed by atoms with E-state index in [2.05, 4.69) is 4.98 Å². The number of hydrogen-bond donors (Lipinski definition) is 0. The van der Waals surface area contributed by atoms with Crippen LogP contribution in [0.5, 0.6) is 11.6 Å². The second-order valence-electron chi connectivity index (χ2n) is 4.68. The summed E-state index contributed by atoms with van der Waals surface area (Å²) in [5, 5.41) is 0.788. The number of fused-ring (bicyclic) bond motifs is 1. The molecule has 6 heteroatoms. The van der Waals surface area contributed by atoms with Crippen LogP contribution in [0.1, 0.15) is 5.56 Å². The van der Waals surface area contributed by atoms with Crippen molar-refractivity contribution in [1.29, 1.82) is 0 Å². The smallest absolute Gasteiger partial charge is 0.350 e. The summed E-state index contributed by atoms with van der Waals surface area (Å²) < 4.78 is 12.1. The van der Waals surface area contributed by atoms with E-state index >= 15 is 0 Å². The third-order valence-electron chi connectivity index (χ3n) is 3.03. The zero-order chi connectivity index (χ0) is 15.0. The summed E-state index contributed by atoms with van der Waals surface area (Å²) in [5.41, 5.74) is 0.318. The van der Waals surface area contributed by atoms with Gasteiger partial charge in [-0.3, -0.25) is 0 Å². The van der Waals surface area contributed by atoms with E-state index in [0.29, 0.717) is 11.3 Å². The molecule has 0 atom stereocenters. The zero-order valence-electron chi connectivity index (χ0n) is 11.5. The number of ether oxygens (including phenoxy) is 1. The Morgan fingerprint density at radius 1 is 1.19 bits per heavy atom. The number of rotatable bonds is 2. The predicted molar refractivity (Wildman–Crippen MR) is 76.8 cm³/mol. The SMILES string of the molecule is Cc1cn(C)c(=O)nc1Oc1ccc2ccc(=O)oc2c1. The lowest BCUT2D eigenvalue weighted by Gasteiger charge is -2.08. The summed E-state index contributed by atoms with van der Waals surface area (Å²) in [6.45, 7) is 1.79. The van der Waals surface area contributed by atoms with Crippen LogP contribution in [0.25, 0.3) is 11.0 Å². The summed E-state index contributed by atoms with van der Waals surface area (Å²) in [7, 11) is 1.62. The molecule has 0 radical (unpaired) electrons. The van der Waals surface area contributed by atoms with Crippen molar-refractivity contribution in [2.45, 2.75) is 6.92 Å². The molecule has 0 aliphatic heterocycles. The lowest BCUT2D eigenvalue weighted by atomic mass is 10.2. The Morgan fingerprint density at radius 2 is 1.95 bits per heavy atom. The lowest BCUT2D eigenvalue weighted by Crippen LogP contribution is -2.20. The van der Waals surface area contributed by atoms with E-state index in [4.69, 9.17) is 9.15 Å². The molecule has 3 aromatic rings. The first-order valence-corrected chi connectivity index (χ1v) is 6.29. The Kier molecular flexibility index (Phi) is 3.06. The number of nitrogens with zero attached hydrogens (tertiary/aromatic N) is 2. The van der Waals surface area contributed by atoms with E-state index in [0.717, 1.165) is 10.9 Å². The van der Waals surface area contributed by atoms with Crippen molar-refractivity contribution in [2.75, 3.05) is 0 Å². The van der Waals surface area contributed by atoms with Gasteiger partial charge in [0.15, 0.2) is 0 Å². The highest BCUT2D eigenvalue weighted by molar-refractivity contribution is 5.77. The quantitative estimate of drug-likeness (QED) is 0.673. The third kappa shape index (κ3) is 2.55. The van der Waals surface area contributed by atoms with Crippen LogP contribution in [0.4, 0.5) is 0 Å². The number of aromatic nitrogens is 2. The molecule has 2 heterocycles. The molecular weight excluding hydrogens is 272 g/mol. The van der Waals surface area contributed by atoms with E-state index in [-0.39, 0.29) is 5.88 Å². The molecule has 21 heavy (non-hydrogen) atoms. The predicted octanol–water partition coefficient (Wildman–Crippen LogP) is 1.99. The van der Waals surface area contributed by atoms with Crippen molar-refractivity contribution < 1.29 is 9.15 Å². The van der Waals surface area contributed by atoms with Gasteiger partial charge in [0, 0.05) is 36.3 Å². The summed E-state index contributed by atoms with van der Waals surface area (Å²) in [6.07, 6.45) is 1.64. The maximum absolute atomic E-state index is 11.6. The van der Waals surface area contributed by atoms with Crippen LogP contribution in [-0.4, -0.2) is 9.55 Å². The van der Waals surface area contributed by atoms with Gasteiger partial charge >= 0.3 is 11.3 Å². The molecule has 0 spiro atoms. The van der Waals surface area contributed by atoms with Gasteiger partial charge in [-0.25, -0.2) is 9.59 Å². The largest absolute Gasteiger partial charge is 0.438 e. The van der Waals surface area contributed by atoms with Crippen LogP contribution in [0, 0.1) is 6.92 Å². The van der Waals surface area contributed by atoms with Crippen LogP contribution < -0.4 is 16.1 Å². The van der Waals surface area contributed by atoms with Gasteiger partial charge in [-0.05, 0) is 25.1 Å². The maximum Gasteiger partial charge on any atom is 0.350 e. The van der Waals surface area contributed by atoms with Crippen molar-refractivity contribution in [1.82, 2.24) is 9.55 Å². The van der Waals surface area contributed by atoms with Gasteiger partial charge in [-0.15, -0.1) is 0 Å². The highest BCUT2D eigenvalue weighted by Gasteiger charge is 2.07. The Bertz CT molecular complexity index is 940. The van der Waals surface area contributed by atoms with E-state index < -0.39 is 11.3 Å². The van der Waals surface area contributed by atoms with E-state index in [9.17, 15) is 9.59 Å². The van der Waals surface area contributed by atoms with E-state index in [1.807, 2.05) is 0 Å². The second kappa shape index (κ2) is 4.90. The maximum atomic E-state index is 11.6. The Morgan fingerprint density at radius 3 is 2.76 bits per heavy atom. The Labute approximate surface area is 119 Å². The third-order valence-corrected chi connectivity index (χ3v) is 3.03. The van der Waals surface area contributed by atoms with Crippen molar-refractivity contribution in [2.24, 2.45) is 7.05 Å². The molecule has 3 rings (SSSR count). The van der Waals surface area contributed by atoms with Gasteiger partial charge in [0.25, 0.3) is 0 Å². The fraction of sp³-hybridized carbons (Fsp3) is 0.133. The molecular formula is C15H12N2O4. The number of hydrogen-bond acceptors (Lipinski definition) is 5. The molecule has 0 fully saturated rings. The van der Waals surface area contributed by atoms with Crippen molar-refractivity contribution in [3.63, 3.8) is 0 Å². The van der Waals surface area contributed by atoms with Crippen LogP contribution in [0.15, 0.2) is 50.5 Å². The molecule has 0 amide bonds. The van der Waals surface area contributed by atoms with Crippen molar-refractivity contribution in [3.8, 4) is 11.6 Å². The van der Waals surface area contributed by atoms with E-state index in [1.54, 1.807) is 44.4 Å². The van der Waals surface area contributed by atoms with Gasteiger partial charge in [0.2, 0.25) is 5.88 Å². The zero-order valence-corrected chi connectivity index (χ0v) is 11.5. The van der Waals surface area contributed by atoms with Crippen molar-refractivity contribution >= 4 is 11.0 Å². The van der Waals surface area contributed by atoms with Gasteiger partial charge in [-0.1, -0.05) is 0 Å². The van der Waals surface area contributed by atoms with Crippen LogP contribution in [-0.2, 0) is 7.05 Å². The molecule has 0 saturated carbocycles. The molecule has 106 valence electrons. The van der Waals surface area contributed by atoms with Crippen LogP contribution >= 0.6 is 0 Å². The van der Waals surface area contributed by atoms with Crippen molar-refractivity contribution in [3.05, 3.63) is 63.0 Å². The molecule has 0 bridgehead atoms. The first kappa shape index (κ1) is 13.1. The fourth-order valence-electron chi connectivity index (χ4n) is 1.97. The standard InChI is InChI=1S/C15H12N2O4/c1-9-8-17(2)15(19)16-14(9)20-11-5-3-10-4-6-13(18)21-12(10)7-11/h3-8H,1-2H3. The van der Waals surface area contributed by atoms with Gasteiger partial charge in [0.1, 0.15) is 11.3 Å². The molecule has 0 aliphatic rings. The van der Waals surface area contributed by atoms with Gasteiger partial charge < -0.3 is 13.7 Å². The minimum Gasteiger partial charge on any atom is -0.438 e. The number of aryl methyl sites for hydroxylation is 2. The number of benzene rings is 1. The minimum absolute atomic E-state index is 0.232. The molecule has 0 N–H and O–H groups in total. The summed E-state index contributed by atoms with van der Waals surface area (Å²) in [5.74, 6) is 0.677. The summed E-state index contributed by atoms with van der Waals surface area (Å²) in [6, 6.07) is 8.11. The average Bonchev–Trinajstić information content (AvgIpc) is 2.44. The monoisotopic (exact) mass is 284 g/mol. The first-order valence-electron chi connectivity index (χ1n) is 6.29. The molecule has 0 aliphatic carbocycles. The highest BCUT2D eigenvalue weighted by atomic mass is 16.5. The van der Waals surface area contributed by atoms with E-state index in [1.165, 1.54) is 10.6 Å². The molecule has 2 aromatic heterocycles. The molecule has 0 unspecified atom stereocenters. The van der Waals surface area contributed by atoms with Crippen LogP contribution in [0.3, 0.4) is 0 Å². The molecule has 6 nitrogen and oxygen atoms in total. The Hall–Kier alpha value is -2.89. The molecule has 1 aromatic carbocycles. The minimum atomic E-state index is -0.428. The lowest BCUT2D eigenvalue weighted by molar-refractivity contribution is 0.450. The normalized spacial score (nSPS) is 10.8. The molecule has 0 saturated heterocycles. The van der Waals surface area contributed by atoms with Crippen LogP contribution in [0.2, 0.25) is 0 Å².